The van der Waals surface area contributed by atoms with Gasteiger partial charge in [0.05, 0.1) is 12.2 Å². The van der Waals surface area contributed by atoms with Crippen LogP contribution in [0.5, 0.6) is 0 Å². The van der Waals surface area contributed by atoms with Crippen molar-refractivity contribution in [1.82, 2.24) is 4.90 Å². The molecule has 7 nitrogen and oxygen atoms in total. The molecule has 0 heterocycles. The van der Waals surface area contributed by atoms with Crippen LogP contribution in [0.15, 0.2) is 53.4 Å². The molecule has 2 aromatic carbocycles. The molecule has 0 radical (unpaired) electrons. The number of carbonyl (C=O) groups is 3. The van der Waals surface area contributed by atoms with E-state index in [-0.39, 0.29) is 18.4 Å². The lowest BCUT2D eigenvalue weighted by molar-refractivity contribution is -0.116. The smallest absolute Gasteiger partial charge is 0.316 e. The molecular weight excluding hydrogens is 352 g/mol. The second-order valence-corrected chi connectivity index (χ2v) is 6.33. The van der Waals surface area contributed by atoms with Crippen molar-refractivity contribution < 1.29 is 14.4 Å². The summed E-state index contributed by atoms with van der Waals surface area (Å²) in [4.78, 5) is 37.9. The second-order valence-electron chi connectivity index (χ2n) is 5.48. The lowest BCUT2D eigenvalue weighted by Crippen LogP contribution is -2.35. The van der Waals surface area contributed by atoms with Gasteiger partial charge in [-0.3, -0.25) is 9.59 Å². The van der Waals surface area contributed by atoms with Crippen LogP contribution in [0, 0.1) is 0 Å². The zero-order valence-electron chi connectivity index (χ0n) is 14.5. The number of thioether (sulfide) groups is 1. The van der Waals surface area contributed by atoms with Crippen molar-refractivity contribution in [3.63, 3.8) is 0 Å². The van der Waals surface area contributed by atoms with E-state index >= 15 is 0 Å². The molecule has 0 bridgehead atoms. The Hall–Kier alpha value is -3.00. The summed E-state index contributed by atoms with van der Waals surface area (Å²) < 4.78 is 0. The number of primary amides is 1. The third-order valence-corrected chi connectivity index (χ3v) is 4.28. The van der Waals surface area contributed by atoms with Crippen LogP contribution in [0.2, 0.25) is 0 Å². The molecule has 0 aliphatic carbocycles. The third-order valence-electron chi connectivity index (χ3n) is 3.49. The molecular formula is C18H20N4O3S. The molecule has 0 saturated heterocycles. The number of urea groups is 1. The molecule has 0 aromatic heterocycles. The molecule has 0 spiro atoms. The Morgan fingerprint density at radius 1 is 1.08 bits per heavy atom. The number of anilines is 2. The molecule has 4 N–H and O–H groups in total. The van der Waals surface area contributed by atoms with Crippen molar-refractivity contribution in [3.05, 3.63) is 54.1 Å². The first-order valence-corrected chi connectivity index (χ1v) is 8.98. The first-order valence-electron chi connectivity index (χ1n) is 7.75. The number of hydrogen-bond acceptors (Lipinski definition) is 4. The van der Waals surface area contributed by atoms with E-state index in [0.717, 1.165) is 4.90 Å². The molecule has 0 atom stereocenters. The summed E-state index contributed by atoms with van der Waals surface area (Å²) in [6.07, 6.45) is 1.92. The highest BCUT2D eigenvalue weighted by Gasteiger charge is 2.16. The number of benzene rings is 2. The van der Waals surface area contributed by atoms with E-state index in [2.05, 4.69) is 10.6 Å². The summed E-state index contributed by atoms with van der Waals surface area (Å²) in [7, 11) is 1.54. The molecule has 0 saturated carbocycles. The van der Waals surface area contributed by atoms with Gasteiger partial charge in [0.1, 0.15) is 0 Å². The Balaban J connectivity index is 2.02. The van der Waals surface area contributed by atoms with Gasteiger partial charge < -0.3 is 21.3 Å². The fourth-order valence-electron chi connectivity index (χ4n) is 2.32. The van der Waals surface area contributed by atoms with E-state index in [0.29, 0.717) is 16.9 Å². The predicted molar refractivity (Wildman–Crippen MR) is 103 cm³/mol. The maximum atomic E-state index is 12.5. The number of nitrogens with two attached hydrogens (primary N) is 1. The van der Waals surface area contributed by atoms with Crippen LogP contribution in [0.25, 0.3) is 0 Å². The quantitative estimate of drug-likeness (QED) is 0.678. The van der Waals surface area contributed by atoms with Gasteiger partial charge in [-0.05, 0) is 36.6 Å². The van der Waals surface area contributed by atoms with E-state index in [1.165, 1.54) is 29.8 Å². The zero-order chi connectivity index (χ0) is 19.1. The van der Waals surface area contributed by atoms with Gasteiger partial charge in [0, 0.05) is 23.2 Å². The van der Waals surface area contributed by atoms with Crippen LogP contribution >= 0.6 is 11.8 Å². The zero-order valence-corrected chi connectivity index (χ0v) is 15.3. The van der Waals surface area contributed by atoms with Crippen molar-refractivity contribution >= 4 is 41.0 Å². The molecule has 0 fully saturated rings. The minimum Gasteiger partial charge on any atom is -0.351 e. The summed E-state index contributed by atoms with van der Waals surface area (Å²) in [5.41, 5.74) is 6.54. The van der Waals surface area contributed by atoms with Crippen molar-refractivity contribution in [2.24, 2.45) is 5.73 Å². The minimum absolute atomic E-state index is 0.102. The van der Waals surface area contributed by atoms with E-state index in [1.807, 2.05) is 30.5 Å². The fourth-order valence-corrected chi connectivity index (χ4v) is 2.87. The number of rotatable bonds is 6. The van der Waals surface area contributed by atoms with Crippen molar-refractivity contribution in [2.45, 2.75) is 4.90 Å². The Morgan fingerprint density at radius 2 is 1.81 bits per heavy atom. The Bertz CT molecular complexity index is 826. The highest BCUT2D eigenvalue weighted by atomic mass is 32.2. The summed E-state index contributed by atoms with van der Waals surface area (Å²) in [5, 5.41) is 5.22. The SMILES string of the molecule is CSc1ccccc1NC(=O)CN(C)C(=O)c1cccc(NC(N)=O)c1. The van der Waals surface area contributed by atoms with Crippen LogP contribution in [-0.4, -0.2) is 42.6 Å². The fraction of sp³-hybridized carbons (Fsp3) is 0.167. The van der Waals surface area contributed by atoms with Crippen molar-refractivity contribution in [2.75, 3.05) is 30.5 Å². The number of likely N-dealkylation sites (N-methyl/N-ethyl adjacent to an activating group) is 1. The first kappa shape index (κ1) is 19.3. The average molecular weight is 372 g/mol. The molecule has 2 aromatic rings. The maximum Gasteiger partial charge on any atom is 0.316 e. The average Bonchev–Trinajstić information content (AvgIpc) is 2.61. The Kier molecular flexibility index (Phi) is 6.62. The molecule has 0 unspecified atom stereocenters. The molecule has 26 heavy (non-hydrogen) atoms. The van der Waals surface area contributed by atoms with Crippen molar-refractivity contribution in [3.8, 4) is 0 Å². The third kappa shape index (κ3) is 5.25. The number of amides is 4. The number of carbonyl (C=O) groups excluding carboxylic acids is 3. The maximum absolute atomic E-state index is 12.5. The lowest BCUT2D eigenvalue weighted by Gasteiger charge is -2.18. The van der Waals surface area contributed by atoms with Crippen LogP contribution in [0.1, 0.15) is 10.4 Å². The van der Waals surface area contributed by atoms with Gasteiger partial charge >= 0.3 is 6.03 Å². The van der Waals surface area contributed by atoms with Crippen LogP contribution in [-0.2, 0) is 4.79 Å². The second kappa shape index (κ2) is 8.91. The molecule has 0 aliphatic rings. The predicted octanol–water partition coefficient (Wildman–Crippen LogP) is 2.61. The number of nitrogens with zero attached hydrogens (tertiary/aromatic N) is 1. The van der Waals surface area contributed by atoms with Crippen molar-refractivity contribution in [1.29, 1.82) is 0 Å². The van der Waals surface area contributed by atoms with E-state index < -0.39 is 6.03 Å². The highest BCUT2D eigenvalue weighted by Crippen LogP contribution is 2.24. The Labute approximate surface area is 155 Å². The van der Waals surface area contributed by atoms with Gasteiger partial charge in [0.2, 0.25) is 5.91 Å². The summed E-state index contributed by atoms with van der Waals surface area (Å²) in [5.74, 6) is -0.639. The summed E-state index contributed by atoms with van der Waals surface area (Å²) in [6.45, 7) is -0.102. The highest BCUT2D eigenvalue weighted by molar-refractivity contribution is 7.98. The topological polar surface area (TPSA) is 105 Å². The first-order chi connectivity index (χ1) is 12.4. The molecule has 2 rings (SSSR count). The molecule has 0 aliphatic heterocycles. The number of hydrogen-bond donors (Lipinski definition) is 3. The lowest BCUT2D eigenvalue weighted by atomic mass is 10.1. The number of nitrogens with one attached hydrogen (secondary N) is 2. The molecule has 8 heteroatoms. The minimum atomic E-state index is -0.713. The Morgan fingerprint density at radius 3 is 2.50 bits per heavy atom. The van der Waals surface area contributed by atoms with E-state index in [9.17, 15) is 14.4 Å². The largest absolute Gasteiger partial charge is 0.351 e. The number of para-hydroxylation sites is 1. The van der Waals surface area contributed by atoms with Crippen LogP contribution in [0.4, 0.5) is 16.2 Å². The summed E-state index contributed by atoms with van der Waals surface area (Å²) >= 11 is 1.53. The van der Waals surface area contributed by atoms with Gasteiger partial charge in [-0.1, -0.05) is 18.2 Å². The van der Waals surface area contributed by atoms with E-state index in [4.69, 9.17) is 5.73 Å². The van der Waals surface area contributed by atoms with Gasteiger partial charge in [-0.15, -0.1) is 11.8 Å². The van der Waals surface area contributed by atoms with Gasteiger partial charge in [0.25, 0.3) is 5.91 Å². The summed E-state index contributed by atoms with van der Waals surface area (Å²) in [6, 6.07) is 13.1. The normalized spacial score (nSPS) is 10.1. The van der Waals surface area contributed by atoms with E-state index in [1.54, 1.807) is 18.2 Å². The molecule has 136 valence electrons. The van der Waals surface area contributed by atoms with Gasteiger partial charge in [-0.2, -0.15) is 0 Å². The van der Waals surface area contributed by atoms with Gasteiger partial charge in [0.15, 0.2) is 0 Å². The van der Waals surface area contributed by atoms with Gasteiger partial charge in [-0.25, -0.2) is 4.79 Å². The standard InChI is InChI=1S/C18H20N4O3S/c1-22(11-16(23)21-14-8-3-4-9-15(14)26-2)17(24)12-6-5-7-13(10-12)20-18(19)25/h3-10H,11H2,1-2H3,(H,21,23)(H3,19,20,25). The molecule has 4 amide bonds. The van der Waals surface area contributed by atoms with Crippen LogP contribution in [0.3, 0.4) is 0 Å². The monoisotopic (exact) mass is 372 g/mol. The van der Waals surface area contributed by atoms with Crippen LogP contribution < -0.4 is 16.4 Å².